The third-order valence-electron chi connectivity index (χ3n) is 3.38. The lowest BCUT2D eigenvalue weighted by atomic mass is 10.1. The highest BCUT2D eigenvalue weighted by Crippen LogP contribution is 2.38. The van der Waals surface area contributed by atoms with Gasteiger partial charge in [-0.25, -0.2) is 4.79 Å². The van der Waals surface area contributed by atoms with Crippen LogP contribution in [0.2, 0.25) is 0 Å². The van der Waals surface area contributed by atoms with Gasteiger partial charge in [-0.2, -0.15) is 0 Å². The maximum absolute atomic E-state index is 12.2. The molecule has 0 saturated heterocycles. The molecule has 0 spiro atoms. The van der Waals surface area contributed by atoms with Crippen LogP contribution in [-0.2, 0) is 4.74 Å². The maximum Gasteiger partial charge on any atom is 0.338 e. The van der Waals surface area contributed by atoms with Crippen LogP contribution in [0.15, 0.2) is 40.9 Å². The second-order valence-corrected chi connectivity index (χ2v) is 5.84. The molecule has 0 aliphatic heterocycles. The van der Waals surface area contributed by atoms with E-state index in [0.717, 1.165) is 4.47 Å². The van der Waals surface area contributed by atoms with Gasteiger partial charge in [0, 0.05) is 10.0 Å². The van der Waals surface area contributed by atoms with Crippen LogP contribution >= 0.6 is 15.9 Å². The van der Waals surface area contributed by atoms with E-state index < -0.39 is 5.97 Å². The first kappa shape index (κ1) is 18.8. The molecule has 0 saturated carbocycles. The fourth-order valence-electron chi connectivity index (χ4n) is 2.16. The Balaban J connectivity index is 2.14. The summed E-state index contributed by atoms with van der Waals surface area (Å²) in [4.78, 5) is 24.4. The average Bonchev–Trinajstić information content (AvgIpc) is 2.64. The summed E-state index contributed by atoms with van der Waals surface area (Å²) in [7, 11) is 4.36. The minimum atomic E-state index is -0.664. The van der Waals surface area contributed by atoms with Crippen molar-refractivity contribution in [3.05, 3.63) is 52.0 Å². The van der Waals surface area contributed by atoms with Crippen molar-refractivity contribution < 1.29 is 28.5 Å². The molecule has 132 valence electrons. The molecule has 0 aromatic heterocycles. The summed E-state index contributed by atoms with van der Waals surface area (Å²) in [6.07, 6.45) is 0. The summed E-state index contributed by atoms with van der Waals surface area (Å²) >= 11 is 3.29. The molecular formula is C18H17BrO6. The van der Waals surface area contributed by atoms with Crippen LogP contribution in [0.3, 0.4) is 0 Å². The van der Waals surface area contributed by atoms with Gasteiger partial charge in [-0.1, -0.05) is 28.1 Å². The Kier molecular flexibility index (Phi) is 6.41. The van der Waals surface area contributed by atoms with Gasteiger partial charge < -0.3 is 18.9 Å². The number of methoxy groups -OCH3 is 3. The molecule has 0 heterocycles. The Morgan fingerprint density at radius 2 is 1.56 bits per heavy atom. The smallest absolute Gasteiger partial charge is 0.338 e. The summed E-state index contributed by atoms with van der Waals surface area (Å²) in [6, 6.07) is 9.79. The lowest BCUT2D eigenvalue weighted by molar-refractivity contribution is 0.0474. The monoisotopic (exact) mass is 408 g/mol. The van der Waals surface area contributed by atoms with Crippen molar-refractivity contribution in [1.82, 2.24) is 0 Å². The minimum Gasteiger partial charge on any atom is -0.493 e. The van der Waals surface area contributed by atoms with Crippen molar-refractivity contribution in [2.45, 2.75) is 0 Å². The molecule has 0 amide bonds. The van der Waals surface area contributed by atoms with E-state index in [-0.39, 0.29) is 18.0 Å². The van der Waals surface area contributed by atoms with Crippen LogP contribution < -0.4 is 14.2 Å². The van der Waals surface area contributed by atoms with Gasteiger partial charge in [0.05, 0.1) is 26.9 Å². The van der Waals surface area contributed by atoms with Crippen LogP contribution in [0, 0.1) is 0 Å². The molecule has 0 fully saturated rings. The molecule has 0 N–H and O–H groups in total. The van der Waals surface area contributed by atoms with Crippen molar-refractivity contribution in [3.63, 3.8) is 0 Å². The maximum atomic E-state index is 12.2. The van der Waals surface area contributed by atoms with Gasteiger partial charge in [0.15, 0.2) is 23.9 Å². The molecule has 0 atom stereocenters. The first-order valence-electron chi connectivity index (χ1n) is 7.26. The predicted octanol–water partition coefficient (Wildman–Crippen LogP) is 3.51. The molecule has 0 aliphatic rings. The van der Waals surface area contributed by atoms with Crippen molar-refractivity contribution >= 4 is 27.7 Å². The number of benzene rings is 2. The zero-order valence-corrected chi connectivity index (χ0v) is 15.6. The standard InChI is InChI=1S/C18H17BrO6/c1-22-15-8-12(9-16(23-2)17(15)24-3)18(21)25-10-14(20)11-5-4-6-13(19)7-11/h4-9H,10H2,1-3H3. The van der Waals surface area contributed by atoms with Crippen LogP contribution in [0.1, 0.15) is 20.7 Å². The quantitative estimate of drug-likeness (QED) is 0.515. The fraction of sp³-hybridized carbons (Fsp3) is 0.222. The summed E-state index contributed by atoms with van der Waals surface area (Å²) < 4.78 is 21.5. The van der Waals surface area contributed by atoms with E-state index in [1.807, 2.05) is 0 Å². The Morgan fingerprint density at radius 3 is 2.08 bits per heavy atom. The van der Waals surface area contributed by atoms with Gasteiger partial charge in [-0.3, -0.25) is 4.79 Å². The Bertz CT molecular complexity index is 762. The number of ether oxygens (including phenoxy) is 4. The van der Waals surface area contributed by atoms with E-state index in [1.54, 1.807) is 24.3 Å². The summed E-state index contributed by atoms with van der Waals surface area (Å²) in [6.45, 7) is -0.369. The Hall–Kier alpha value is -2.54. The fourth-order valence-corrected chi connectivity index (χ4v) is 2.56. The lowest BCUT2D eigenvalue weighted by Gasteiger charge is -2.13. The molecule has 2 aromatic carbocycles. The highest BCUT2D eigenvalue weighted by Gasteiger charge is 2.19. The van der Waals surface area contributed by atoms with Crippen molar-refractivity contribution in [1.29, 1.82) is 0 Å². The van der Waals surface area contributed by atoms with Crippen LogP contribution in [0.4, 0.5) is 0 Å². The van der Waals surface area contributed by atoms with Crippen LogP contribution in [0.25, 0.3) is 0 Å². The summed E-state index contributed by atoms with van der Waals surface area (Å²) in [5.74, 6) is 0.0516. The van der Waals surface area contributed by atoms with Gasteiger partial charge in [0.25, 0.3) is 0 Å². The third-order valence-corrected chi connectivity index (χ3v) is 3.87. The molecule has 0 aliphatic carbocycles. The Labute approximate surface area is 153 Å². The average molecular weight is 409 g/mol. The number of carbonyl (C=O) groups excluding carboxylic acids is 2. The molecule has 6 nitrogen and oxygen atoms in total. The minimum absolute atomic E-state index is 0.191. The molecule has 0 radical (unpaired) electrons. The number of halogens is 1. The number of hydrogen-bond donors (Lipinski definition) is 0. The van der Waals surface area contributed by atoms with Crippen molar-refractivity contribution in [2.75, 3.05) is 27.9 Å². The predicted molar refractivity (Wildman–Crippen MR) is 94.9 cm³/mol. The number of rotatable bonds is 7. The van der Waals surface area contributed by atoms with E-state index in [0.29, 0.717) is 22.8 Å². The first-order chi connectivity index (χ1) is 12.0. The van der Waals surface area contributed by atoms with E-state index in [1.165, 1.54) is 33.5 Å². The number of ketones is 1. The van der Waals surface area contributed by atoms with E-state index in [4.69, 9.17) is 18.9 Å². The molecule has 2 aromatic rings. The zero-order chi connectivity index (χ0) is 18.4. The first-order valence-corrected chi connectivity index (χ1v) is 8.05. The second kappa shape index (κ2) is 8.53. The van der Waals surface area contributed by atoms with Gasteiger partial charge >= 0.3 is 5.97 Å². The summed E-state index contributed by atoms with van der Waals surface area (Å²) in [5, 5.41) is 0. The van der Waals surface area contributed by atoms with Crippen molar-refractivity contribution in [2.24, 2.45) is 0 Å². The second-order valence-electron chi connectivity index (χ2n) is 4.92. The summed E-state index contributed by atoms with van der Waals surface area (Å²) in [5.41, 5.74) is 0.642. The van der Waals surface area contributed by atoms with E-state index >= 15 is 0 Å². The molecule has 7 heteroatoms. The van der Waals surface area contributed by atoms with Crippen LogP contribution in [-0.4, -0.2) is 39.7 Å². The number of Topliss-reactive ketones (excluding diaryl/α,β-unsaturated/α-hetero) is 1. The van der Waals surface area contributed by atoms with Gasteiger partial charge in [-0.05, 0) is 24.3 Å². The largest absolute Gasteiger partial charge is 0.493 e. The SMILES string of the molecule is COc1cc(C(=O)OCC(=O)c2cccc(Br)c2)cc(OC)c1OC. The van der Waals surface area contributed by atoms with E-state index in [2.05, 4.69) is 15.9 Å². The molecule has 0 bridgehead atoms. The molecule has 2 rings (SSSR count). The highest BCUT2D eigenvalue weighted by molar-refractivity contribution is 9.10. The molecular weight excluding hydrogens is 392 g/mol. The van der Waals surface area contributed by atoms with Crippen LogP contribution in [0.5, 0.6) is 17.2 Å². The van der Waals surface area contributed by atoms with Gasteiger partial charge in [0.2, 0.25) is 5.75 Å². The topological polar surface area (TPSA) is 71.1 Å². The van der Waals surface area contributed by atoms with E-state index in [9.17, 15) is 9.59 Å². The number of esters is 1. The zero-order valence-electron chi connectivity index (χ0n) is 14.0. The Morgan fingerprint density at radius 1 is 0.920 bits per heavy atom. The lowest BCUT2D eigenvalue weighted by Crippen LogP contribution is -2.14. The number of carbonyl (C=O) groups is 2. The third kappa shape index (κ3) is 4.51. The van der Waals surface area contributed by atoms with Gasteiger partial charge in [0.1, 0.15) is 0 Å². The van der Waals surface area contributed by atoms with Crippen molar-refractivity contribution in [3.8, 4) is 17.2 Å². The van der Waals surface area contributed by atoms with Gasteiger partial charge in [-0.15, -0.1) is 0 Å². The number of hydrogen-bond acceptors (Lipinski definition) is 6. The normalized spacial score (nSPS) is 10.1. The molecule has 25 heavy (non-hydrogen) atoms. The highest BCUT2D eigenvalue weighted by atomic mass is 79.9. The molecule has 0 unspecified atom stereocenters.